The Morgan fingerprint density at radius 1 is 1.55 bits per heavy atom. The van der Waals surface area contributed by atoms with E-state index in [1.807, 2.05) is 0 Å². The standard InChI is InChI=1S/C15H16BrClN2O3/c16-9-3-4-11(13(17)6-9)14(12(7-18)15(20)21)19-10-2-1-5-22-8-10/h3-4,6-7,10H,1-2,5,8,18H2,(H,20,21). The predicted octanol–water partition coefficient (Wildman–Crippen LogP) is 3.00. The summed E-state index contributed by atoms with van der Waals surface area (Å²) in [5, 5.41) is 9.78. The van der Waals surface area contributed by atoms with Crippen LogP contribution >= 0.6 is 27.5 Å². The van der Waals surface area contributed by atoms with Gasteiger partial charge in [-0.1, -0.05) is 33.6 Å². The highest BCUT2D eigenvalue weighted by Crippen LogP contribution is 2.25. The quantitative estimate of drug-likeness (QED) is 0.614. The number of rotatable bonds is 4. The van der Waals surface area contributed by atoms with Crippen molar-refractivity contribution in [3.05, 3.63) is 45.0 Å². The van der Waals surface area contributed by atoms with Crippen LogP contribution in [-0.2, 0) is 9.53 Å². The fraction of sp³-hybridized carbons (Fsp3) is 0.333. The molecule has 0 bridgehead atoms. The third kappa shape index (κ3) is 4.09. The maximum atomic E-state index is 11.5. The van der Waals surface area contributed by atoms with Gasteiger partial charge >= 0.3 is 5.97 Å². The van der Waals surface area contributed by atoms with Crippen LogP contribution in [-0.4, -0.2) is 36.0 Å². The van der Waals surface area contributed by atoms with E-state index in [4.69, 9.17) is 22.1 Å². The molecule has 1 aromatic carbocycles. The van der Waals surface area contributed by atoms with Crippen molar-refractivity contribution in [1.29, 1.82) is 0 Å². The van der Waals surface area contributed by atoms with E-state index in [0.29, 0.717) is 23.8 Å². The first-order valence-electron chi connectivity index (χ1n) is 6.79. The van der Waals surface area contributed by atoms with Crippen molar-refractivity contribution in [3.8, 4) is 0 Å². The monoisotopic (exact) mass is 386 g/mol. The second-order valence-corrected chi connectivity index (χ2v) is 6.18. The van der Waals surface area contributed by atoms with Crippen LogP contribution in [0.2, 0.25) is 5.02 Å². The van der Waals surface area contributed by atoms with E-state index in [1.54, 1.807) is 18.2 Å². The Morgan fingerprint density at radius 2 is 2.32 bits per heavy atom. The summed E-state index contributed by atoms with van der Waals surface area (Å²) in [6.07, 6.45) is 2.78. The molecular formula is C15H16BrClN2O3. The lowest BCUT2D eigenvalue weighted by atomic mass is 10.0. The molecular weight excluding hydrogens is 372 g/mol. The maximum Gasteiger partial charge on any atom is 0.339 e. The summed E-state index contributed by atoms with van der Waals surface area (Å²) in [7, 11) is 0. The normalized spacial score (nSPS) is 20.0. The number of ether oxygens (including phenoxy) is 1. The Balaban J connectivity index is 2.49. The number of benzene rings is 1. The number of carboxylic acids is 1. The molecule has 0 amide bonds. The van der Waals surface area contributed by atoms with Gasteiger partial charge in [-0.25, -0.2) is 4.79 Å². The summed E-state index contributed by atoms with van der Waals surface area (Å²) >= 11 is 9.57. The molecule has 2 rings (SSSR count). The zero-order chi connectivity index (χ0) is 16.1. The molecule has 1 aromatic rings. The molecule has 0 spiro atoms. The van der Waals surface area contributed by atoms with Gasteiger partial charge in [-0.15, -0.1) is 0 Å². The summed E-state index contributed by atoms with van der Waals surface area (Å²) < 4.78 is 6.20. The van der Waals surface area contributed by atoms with Crippen molar-refractivity contribution in [2.75, 3.05) is 13.2 Å². The smallest absolute Gasteiger partial charge is 0.339 e. The van der Waals surface area contributed by atoms with Crippen LogP contribution in [0.15, 0.2) is 39.4 Å². The molecule has 1 aliphatic heterocycles. The second-order valence-electron chi connectivity index (χ2n) is 4.86. The summed E-state index contributed by atoms with van der Waals surface area (Å²) in [6, 6.07) is 5.10. The molecule has 0 aliphatic carbocycles. The van der Waals surface area contributed by atoms with Crippen molar-refractivity contribution in [2.45, 2.75) is 18.9 Å². The lowest BCUT2D eigenvalue weighted by Crippen LogP contribution is -2.25. The number of halogens is 2. The molecule has 0 saturated carbocycles. The Labute approximate surface area is 141 Å². The highest BCUT2D eigenvalue weighted by atomic mass is 79.9. The van der Waals surface area contributed by atoms with E-state index >= 15 is 0 Å². The van der Waals surface area contributed by atoms with Gasteiger partial charge in [-0.2, -0.15) is 0 Å². The van der Waals surface area contributed by atoms with Crippen molar-refractivity contribution < 1.29 is 14.6 Å². The fourth-order valence-corrected chi connectivity index (χ4v) is 2.99. The summed E-state index contributed by atoms with van der Waals surface area (Å²) in [6.45, 7) is 1.17. The van der Waals surface area contributed by atoms with Gasteiger partial charge in [-0.3, -0.25) is 4.99 Å². The SMILES string of the molecule is NC=C(C(=O)O)C(=NC1CCCOC1)c1ccc(Br)cc1Cl. The highest BCUT2D eigenvalue weighted by Gasteiger charge is 2.22. The van der Waals surface area contributed by atoms with E-state index in [9.17, 15) is 9.90 Å². The molecule has 5 nitrogen and oxygen atoms in total. The van der Waals surface area contributed by atoms with Gasteiger partial charge in [0.25, 0.3) is 0 Å². The Kier molecular flexibility index (Phi) is 5.99. The third-order valence-electron chi connectivity index (χ3n) is 3.29. The average Bonchev–Trinajstić information content (AvgIpc) is 2.48. The molecule has 22 heavy (non-hydrogen) atoms. The Hall–Kier alpha value is -1.37. The van der Waals surface area contributed by atoms with Crippen LogP contribution < -0.4 is 5.73 Å². The summed E-state index contributed by atoms with van der Waals surface area (Å²) in [5.74, 6) is -1.14. The maximum absolute atomic E-state index is 11.5. The van der Waals surface area contributed by atoms with E-state index < -0.39 is 5.97 Å². The molecule has 1 aliphatic rings. The molecule has 0 aromatic heterocycles. The molecule has 118 valence electrons. The van der Waals surface area contributed by atoms with Gasteiger partial charge < -0.3 is 15.6 Å². The minimum atomic E-state index is -1.14. The minimum Gasteiger partial charge on any atom is -0.478 e. The first kappa shape index (κ1) is 17.0. The zero-order valence-electron chi connectivity index (χ0n) is 11.8. The third-order valence-corrected chi connectivity index (χ3v) is 4.09. The van der Waals surface area contributed by atoms with Crippen molar-refractivity contribution in [1.82, 2.24) is 0 Å². The van der Waals surface area contributed by atoms with Crippen LogP contribution in [0.3, 0.4) is 0 Å². The molecule has 1 atom stereocenters. The van der Waals surface area contributed by atoms with Gasteiger partial charge in [-0.05, 0) is 25.0 Å². The molecule has 7 heteroatoms. The summed E-state index contributed by atoms with van der Waals surface area (Å²) in [4.78, 5) is 16.0. The molecule has 1 fully saturated rings. The van der Waals surface area contributed by atoms with Crippen LogP contribution in [0.4, 0.5) is 0 Å². The predicted molar refractivity (Wildman–Crippen MR) is 89.4 cm³/mol. The Bertz CT molecular complexity index is 625. The molecule has 1 heterocycles. The van der Waals surface area contributed by atoms with Gasteiger partial charge in [0.2, 0.25) is 0 Å². The van der Waals surface area contributed by atoms with Crippen molar-refractivity contribution in [2.24, 2.45) is 10.7 Å². The van der Waals surface area contributed by atoms with Gasteiger partial charge in [0.1, 0.15) is 5.57 Å². The van der Waals surface area contributed by atoms with Crippen LogP contribution in [0.1, 0.15) is 18.4 Å². The number of aliphatic imine (C=N–C) groups is 1. The lowest BCUT2D eigenvalue weighted by Gasteiger charge is -2.20. The van der Waals surface area contributed by atoms with Gasteiger partial charge in [0, 0.05) is 22.8 Å². The van der Waals surface area contributed by atoms with E-state index in [2.05, 4.69) is 20.9 Å². The molecule has 0 radical (unpaired) electrons. The minimum absolute atomic E-state index is 0.0743. The summed E-state index contributed by atoms with van der Waals surface area (Å²) in [5.41, 5.74) is 6.23. The van der Waals surface area contributed by atoms with Crippen LogP contribution in [0.5, 0.6) is 0 Å². The molecule has 3 N–H and O–H groups in total. The van der Waals surface area contributed by atoms with Crippen molar-refractivity contribution >= 4 is 39.2 Å². The zero-order valence-corrected chi connectivity index (χ0v) is 14.1. The number of carbonyl (C=O) groups is 1. The fourth-order valence-electron chi connectivity index (χ4n) is 2.23. The number of hydrogen-bond donors (Lipinski definition) is 2. The van der Waals surface area contributed by atoms with Crippen molar-refractivity contribution in [3.63, 3.8) is 0 Å². The van der Waals surface area contributed by atoms with Crippen LogP contribution in [0, 0.1) is 0 Å². The van der Waals surface area contributed by atoms with Gasteiger partial charge in [0.05, 0.1) is 23.4 Å². The number of aliphatic carboxylic acids is 1. The largest absolute Gasteiger partial charge is 0.478 e. The van der Waals surface area contributed by atoms with E-state index in [-0.39, 0.29) is 17.3 Å². The van der Waals surface area contributed by atoms with E-state index in [1.165, 1.54) is 0 Å². The number of nitrogens with zero attached hydrogens (tertiary/aromatic N) is 1. The average molecular weight is 388 g/mol. The number of nitrogens with two attached hydrogens (primary N) is 1. The Morgan fingerprint density at radius 3 is 2.86 bits per heavy atom. The first-order chi connectivity index (χ1) is 10.5. The number of hydrogen-bond acceptors (Lipinski definition) is 4. The molecule has 1 unspecified atom stereocenters. The van der Waals surface area contributed by atoms with E-state index in [0.717, 1.165) is 23.5 Å². The molecule has 1 saturated heterocycles. The lowest BCUT2D eigenvalue weighted by molar-refractivity contribution is -0.132. The topological polar surface area (TPSA) is 84.9 Å². The van der Waals surface area contributed by atoms with Gasteiger partial charge in [0.15, 0.2) is 0 Å². The first-order valence-corrected chi connectivity index (χ1v) is 7.96. The number of carboxylic acid groups (broad SMARTS) is 1. The second kappa shape index (κ2) is 7.76. The highest BCUT2D eigenvalue weighted by molar-refractivity contribution is 9.10. The van der Waals surface area contributed by atoms with Crippen LogP contribution in [0.25, 0.3) is 0 Å².